The minimum absolute atomic E-state index is 1.24. The topological polar surface area (TPSA) is 3.24 Å². The molecule has 0 fully saturated rings. The molecule has 2 rings (SSSR count). The van der Waals surface area contributed by atoms with Crippen molar-refractivity contribution in [2.45, 2.75) is 86.5 Å². The Balaban J connectivity index is 0.000000304. The van der Waals surface area contributed by atoms with Gasteiger partial charge in [-0.05, 0) is 66.2 Å². The first-order chi connectivity index (χ1) is 9.43. The summed E-state index contributed by atoms with van der Waals surface area (Å²) < 4.78 is 0. The van der Waals surface area contributed by atoms with Crippen molar-refractivity contribution in [2.24, 2.45) is 0 Å². The van der Waals surface area contributed by atoms with Crippen LogP contribution in [0.3, 0.4) is 0 Å². The molecule has 0 bridgehead atoms. The maximum atomic E-state index is 2.33. The van der Waals surface area contributed by atoms with Crippen LogP contribution in [0, 0.1) is 0 Å². The van der Waals surface area contributed by atoms with Crippen molar-refractivity contribution in [3.05, 3.63) is 22.4 Å². The summed E-state index contributed by atoms with van der Waals surface area (Å²) in [6.07, 6.45) is 9.43. The molecule has 0 aromatic carbocycles. The van der Waals surface area contributed by atoms with Crippen LogP contribution in [0.15, 0.2) is 22.4 Å². The standard InChI is InChI=1S/C8H15N.C8H14.C3H8/c1-7-5-4-6-9(3)8(7)2;1-7-5-3-4-6-8(7)2;1-3-2/h4-6H2,1-3H3;3-6H2,1-2H3;3H2,1-2H3. The number of allylic oxidation sites excluding steroid dienone is 4. The zero-order valence-electron chi connectivity index (χ0n) is 15.1. The fourth-order valence-electron chi connectivity index (χ4n) is 2.46. The number of nitrogens with zero attached hydrogens (tertiary/aromatic N) is 1. The van der Waals surface area contributed by atoms with Crippen molar-refractivity contribution in [1.82, 2.24) is 4.90 Å². The van der Waals surface area contributed by atoms with Crippen molar-refractivity contribution >= 4 is 0 Å². The lowest BCUT2D eigenvalue weighted by Gasteiger charge is -2.26. The molecule has 0 unspecified atom stereocenters. The Morgan fingerprint density at radius 3 is 1.45 bits per heavy atom. The van der Waals surface area contributed by atoms with Gasteiger partial charge in [-0.2, -0.15) is 0 Å². The first kappa shape index (κ1) is 19.3. The zero-order chi connectivity index (χ0) is 15.5. The molecule has 0 amide bonds. The largest absolute Gasteiger partial charge is 0.378 e. The maximum absolute atomic E-state index is 2.33. The average molecular weight is 280 g/mol. The lowest BCUT2D eigenvalue weighted by Crippen LogP contribution is -2.22. The quantitative estimate of drug-likeness (QED) is 0.469. The second kappa shape index (κ2) is 11.0. The Morgan fingerprint density at radius 2 is 1.15 bits per heavy atom. The summed E-state index contributed by atoms with van der Waals surface area (Å²) >= 11 is 0. The minimum atomic E-state index is 1.24. The predicted octanol–water partition coefficient (Wildman–Crippen LogP) is 6.32. The lowest BCUT2D eigenvalue weighted by atomic mass is 9.94. The summed E-state index contributed by atoms with van der Waals surface area (Å²) in [4.78, 5) is 2.33. The number of hydrogen-bond acceptors (Lipinski definition) is 1. The van der Waals surface area contributed by atoms with Gasteiger partial charge in [0.1, 0.15) is 0 Å². The molecule has 2 aliphatic rings. The second-order valence-electron chi connectivity index (χ2n) is 6.37. The van der Waals surface area contributed by atoms with Gasteiger partial charge >= 0.3 is 0 Å². The van der Waals surface area contributed by atoms with Gasteiger partial charge in [0.25, 0.3) is 0 Å². The molecule has 0 spiro atoms. The molecule has 20 heavy (non-hydrogen) atoms. The Labute approximate surface area is 128 Å². The van der Waals surface area contributed by atoms with Gasteiger partial charge in [-0.25, -0.2) is 0 Å². The molecular formula is C19H37N. The van der Waals surface area contributed by atoms with Crippen molar-refractivity contribution < 1.29 is 0 Å². The third-order valence-electron chi connectivity index (χ3n) is 4.32. The molecule has 1 heterocycles. The summed E-state index contributed by atoms with van der Waals surface area (Å²) in [5.41, 5.74) is 6.30. The number of rotatable bonds is 0. The molecule has 1 aliphatic carbocycles. The van der Waals surface area contributed by atoms with Gasteiger partial charge < -0.3 is 4.90 Å². The highest BCUT2D eigenvalue weighted by molar-refractivity contribution is 5.12. The summed E-state index contributed by atoms with van der Waals surface area (Å²) in [6, 6.07) is 0. The minimum Gasteiger partial charge on any atom is -0.378 e. The molecule has 0 atom stereocenters. The third-order valence-corrected chi connectivity index (χ3v) is 4.32. The third kappa shape index (κ3) is 7.77. The molecule has 118 valence electrons. The summed E-state index contributed by atoms with van der Waals surface area (Å²) in [5.74, 6) is 0. The fourth-order valence-corrected chi connectivity index (χ4v) is 2.46. The lowest BCUT2D eigenvalue weighted by molar-refractivity contribution is 0.379. The van der Waals surface area contributed by atoms with E-state index < -0.39 is 0 Å². The van der Waals surface area contributed by atoms with Crippen LogP contribution in [0.25, 0.3) is 0 Å². The summed E-state index contributed by atoms with van der Waals surface area (Å²) in [5, 5.41) is 0. The molecule has 1 heteroatoms. The van der Waals surface area contributed by atoms with Crippen molar-refractivity contribution in [3.63, 3.8) is 0 Å². The normalized spacial score (nSPS) is 19.1. The van der Waals surface area contributed by atoms with E-state index in [4.69, 9.17) is 0 Å². The monoisotopic (exact) mass is 279 g/mol. The second-order valence-corrected chi connectivity index (χ2v) is 6.37. The van der Waals surface area contributed by atoms with Crippen molar-refractivity contribution in [1.29, 1.82) is 0 Å². The van der Waals surface area contributed by atoms with Crippen molar-refractivity contribution in [2.75, 3.05) is 13.6 Å². The van der Waals surface area contributed by atoms with Crippen LogP contribution in [-0.2, 0) is 0 Å². The van der Waals surface area contributed by atoms with E-state index in [1.165, 1.54) is 57.2 Å². The first-order valence-electron chi connectivity index (χ1n) is 8.46. The predicted molar refractivity (Wildman–Crippen MR) is 93.0 cm³/mol. The van der Waals surface area contributed by atoms with Gasteiger partial charge in [-0.15, -0.1) is 0 Å². The van der Waals surface area contributed by atoms with Crippen LogP contribution in [-0.4, -0.2) is 18.5 Å². The van der Waals surface area contributed by atoms with Gasteiger partial charge in [0, 0.05) is 19.3 Å². The van der Waals surface area contributed by atoms with Crippen LogP contribution in [0.4, 0.5) is 0 Å². The molecule has 1 nitrogen and oxygen atoms in total. The summed E-state index contributed by atoms with van der Waals surface area (Å²) in [6.45, 7) is 14.4. The fraction of sp³-hybridized carbons (Fsp3) is 0.789. The Kier molecular flexibility index (Phi) is 10.6. The van der Waals surface area contributed by atoms with E-state index in [1.807, 2.05) is 0 Å². The highest BCUT2D eigenvalue weighted by Gasteiger charge is 2.08. The summed E-state index contributed by atoms with van der Waals surface area (Å²) in [7, 11) is 2.16. The van der Waals surface area contributed by atoms with E-state index in [9.17, 15) is 0 Å². The molecule has 0 saturated heterocycles. The Bertz CT molecular complexity index is 309. The van der Waals surface area contributed by atoms with Gasteiger partial charge in [0.2, 0.25) is 0 Å². The van der Waals surface area contributed by atoms with Gasteiger partial charge in [-0.1, -0.05) is 37.0 Å². The molecule has 0 N–H and O–H groups in total. The van der Waals surface area contributed by atoms with E-state index in [0.29, 0.717) is 0 Å². The Morgan fingerprint density at radius 1 is 0.750 bits per heavy atom. The van der Waals surface area contributed by atoms with E-state index in [1.54, 1.807) is 16.7 Å². The van der Waals surface area contributed by atoms with E-state index >= 15 is 0 Å². The van der Waals surface area contributed by atoms with Crippen LogP contribution < -0.4 is 0 Å². The molecule has 0 saturated carbocycles. The average Bonchev–Trinajstić information content (AvgIpc) is 2.41. The SMILES string of the molecule is CC1=C(C)CCCC1.CC1=C(C)N(C)CCC1.CCC. The Hall–Kier alpha value is -0.720. The molecule has 0 aromatic heterocycles. The molecule has 1 aliphatic heterocycles. The molecular weight excluding hydrogens is 242 g/mol. The van der Waals surface area contributed by atoms with Gasteiger partial charge in [-0.3, -0.25) is 0 Å². The maximum Gasteiger partial charge on any atom is 0.0174 e. The number of hydrogen-bond donors (Lipinski definition) is 0. The van der Waals surface area contributed by atoms with Crippen LogP contribution in [0.1, 0.15) is 86.5 Å². The van der Waals surface area contributed by atoms with Gasteiger partial charge in [0.15, 0.2) is 0 Å². The smallest absolute Gasteiger partial charge is 0.0174 e. The molecule has 0 radical (unpaired) electrons. The zero-order valence-corrected chi connectivity index (χ0v) is 15.1. The van der Waals surface area contributed by atoms with Gasteiger partial charge in [0.05, 0.1) is 0 Å². The van der Waals surface area contributed by atoms with Crippen molar-refractivity contribution in [3.8, 4) is 0 Å². The van der Waals surface area contributed by atoms with E-state index in [2.05, 4.69) is 53.5 Å². The van der Waals surface area contributed by atoms with Crippen LogP contribution in [0.2, 0.25) is 0 Å². The molecule has 0 aromatic rings. The first-order valence-corrected chi connectivity index (χ1v) is 8.46. The van der Waals surface area contributed by atoms with Crippen LogP contribution >= 0.6 is 0 Å². The van der Waals surface area contributed by atoms with Crippen LogP contribution in [0.5, 0.6) is 0 Å². The van der Waals surface area contributed by atoms with E-state index in [0.717, 1.165) is 0 Å². The highest BCUT2D eigenvalue weighted by atomic mass is 15.1. The highest BCUT2D eigenvalue weighted by Crippen LogP contribution is 2.22. The van der Waals surface area contributed by atoms with E-state index in [-0.39, 0.29) is 0 Å².